The minimum absolute atomic E-state index is 0.180. The lowest BCUT2D eigenvalue weighted by Gasteiger charge is -2.21. The van der Waals surface area contributed by atoms with Crippen molar-refractivity contribution in [3.63, 3.8) is 0 Å². The van der Waals surface area contributed by atoms with Crippen molar-refractivity contribution in [2.45, 2.75) is 50.7 Å². The Kier molecular flexibility index (Phi) is 6.93. The fraction of sp³-hybridized carbons (Fsp3) is 0.438. The van der Waals surface area contributed by atoms with Gasteiger partial charge in [0.15, 0.2) is 0 Å². The van der Waals surface area contributed by atoms with Crippen LogP contribution in [0.4, 0.5) is 5.69 Å². The molecule has 0 saturated heterocycles. The summed E-state index contributed by atoms with van der Waals surface area (Å²) >= 11 is 0. The summed E-state index contributed by atoms with van der Waals surface area (Å²) in [6, 6.07) is 1.75. The van der Waals surface area contributed by atoms with Crippen molar-refractivity contribution in [3.8, 4) is 5.75 Å². The molecule has 1 rings (SSSR count). The van der Waals surface area contributed by atoms with Crippen molar-refractivity contribution < 1.29 is 32.6 Å². The minimum Gasteiger partial charge on any atom is -0.506 e. The molecule has 1 aromatic carbocycles. The number of hydrogen-bond acceptors (Lipinski definition) is 7. The minimum atomic E-state index is -4.39. The van der Waals surface area contributed by atoms with Crippen LogP contribution in [0.2, 0.25) is 0 Å². The first-order valence-corrected chi connectivity index (χ1v) is 9.33. The fourth-order valence-electron chi connectivity index (χ4n) is 2.03. The van der Waals surface area contributed by atoms with Gasteiger partial charge in [-0.25, -0.2) is 8.42 Å². The van der Waals surface area contributed by atoms with Crippen molar-refractivity contribution in [1.29, 1.82) is 0 Å². The van der Waals surface area contributed by atoms with Gasteiger partial charge in [0.1, 0.15) is 22.3 Å². The van der Waals surface area contributed by atoms with Crippen LogP contribution in [0.5, 0.6) is 5.75 Å². The molecule has 0 radical (unpaired) electrons. The first-order chi connectivity index (χ1) is 12.2. The third-order valence-electron chi connectivity index (χ3n) is 3.00. The summed E-state index contributed by atoms with van der Waals surface area (Å²) in [5, 5.41) is 12.3. The predicted octanol–water partition coefficient (Wildman–Crippen LogP) is 0.215. The summed E-state index contributed by atoms with van der Waals surface area (Å²) in [4.78, 5) is 33.9. The van der Waals surface area contributed by atoms with Crippen molar-refractivity contribution in [2.24, 2.45) is 5.73 Å². The van der Waals surface area contributed by atoms with Crippen LogP contribution in [-0.4, -0.2) is 43.0 Å². The molecule has 150 valence electrons. The van der Waals surface area contributed by atoms with Gasteiger partial charge in [-0.1, -0.05) is 0 Å². The summed E-state index contributed by atoms with van der Waals surface area (Å²) in [6.07, 6.45) is -0.615. The number of phenols is 1. The molecule has 0 unspecified atom stereocenters. The molecule has 0 spiro atoms. The number of hydrogen-bond donors (Lipinski definition) is 4. The van der Waals surface area contributed by atoms with E-state index >= 15 is 0 Å². The normalized spacial score (nSPS) is 12.9. The number of aromatic hydroxyl groups is 1. The number of ether oxygens (including phenoxy) is 1. The van der Waals surface area contributed by atoms with Gasteiger partial charge < -0.3 is 20.9 Å². The summed E-state index contributed by atoms with van der Waals surface area (Å²) in [5.74, 6) is -2.97. The molecule has 1 atom stereocenters. The Morgan fingerprint density at radius 3 is 2.30 bits per heavy atom. The zero-order chi connectivity index (χ0) is 21.0. The molecule has 27 heavy (non-hydrogen) atoms. The maximum Gasteiger partial charge on any atom is 0.308 e. The number of nitrogens with two attached hydrogens (primary N) is 1. The SMILES string of the molecule is CC(=O)Nc1ccc(S(=O)(=O)N[C@@H](CC(=O)OC(C)(C)C)C(N)=O)c(O)c1. The van der Waals surface area contributed by atoms with Gasteiger partial charge in [-0.05, 0) is 32.9 Å². The Morgan fingerprint density at radius 1 is 1.26 bits per heavy atom. The summed E-state index contributed by atoms with van der Waals surface area (Å²) in [5.41, 5.74) is 4.52. The standard InChI is InChI=1S/C16H23N3O7S/c1-9(20)18-10-5-6-13(12(21)7-10)27(24,25)19-11(15(17)23)8-14(22)26-16(2,3)4/h5-7,11,19,21H,8H2,1-4H3,(H2,17,23)(H,18,20)/t11-/m0/s1. The third-order valence-corrected chi connectivity index (χ3v) is 4.52. The van der Waals surface area contributed by atoms with Gasteiger partial charge >= 0.3 is 5.97 Å². The van der Waals surface area contributed by atoms with Crippen LogP contribution in [0.25, 0.3) is 0 Å². The molecule has 10 nitrogen and oxygen atoms in total. The average molecular weight is 401 g/mol. The molecule has 0 fully saturated rings. The zero-order valence-electron chi connectivity index (χ0n) is 15.4. The van der Waals surface area contributed by atoms with Gasteiger partial charge in [0.2, 0.25) is 21.8 Å². The predicted molar refractivity (Wildman–Crippen MR) is 96.2 cm³/mol. The van der Waals surface area contributed by atoms with E-state index in [1.165, 1.54) is 13.0 Å². The number of nitrogens with one attached hydrogen (secondary N) is 2. The van der Waals surface area contributed by atoms with E-state index in [0.29, 0.717) is 0 Å². The second kappa shape index (κ2) is 8.35. The summed E-state index contributed by atoms with van der Waals surface area (Å²) in [6.45, 7) is 6.09. The molecule has 5 N–H and O–H groups in total. The van der Waals surface area contributed by atoms with E-state index in [4.69, 9.17) is 10.5 Å². The lowest BCUT2D eigenvalue weighted by Crippen LogP contribution is -2.46. The Morgan fingerprint density at radius 2 is 1.85 bits per heavy atom. The smallest absolute Gasteiger partial charge is 0.308 e. The number of sulfonamides is 1. The van der Waals surface area contributed by atoms with Gasteiger partial charge in [-0.3, -0.25) is 14.4 Å². The molecule has 1 aromatic rings. The summed E-state index contributed by atoms with van der Waals surface area (Å²) in [7, 11) is -4.39. The lowest BCUT2D eigenvalue weighted by molar-refractivity contribution is -0.156. The molecule has 2 amide bonds. The molecule has 0 saturated carbocycles. The van der Waals surface area contributed by atoms with Crippen LogP contribution in [0.3, 0.4) is 0 Å². The van der Waals surface area contributed by atoms with E-state index in [1.54, 1.807) is 20.8 Å². The first kappa shape index (κ1) is 22.4. The van der Waals surface area contributed by atoms with Crippen LogP contribution < -0.4 is 15.8 Å². The van der Waals surface area contributed by atoms with Crippen LogP contribution >= 0.6 is 0 Å². The maximum atomic E-state index is 12.4. The van der Waals surface area contributed by atoms with E-state index in [2.05, 4.69) is 5.32 Å². The highest BCUT2D eigenvalue weighted by atomic mass is 32.2. The quantitative estimate of drug-likeness (QED) is 0.474. The highest BCUT2D eigenvalue weighted by molar-refractivity contribution is 7.89. The van der Waals surface area contributed by atoms with Crippen LogP contribution in [-0.2, 0) is 29.1 Å². The van der Waals surface area contributed by atoms with Crippen LogP contribution in [0.15, 0.2) is 23.1 Å². The average Bonchev–Trinajstić information content (AvgIpc) is 2.43. The molecule has 0 heterocycles. The highest BCUT2D eigenvalue weighted by Crippen LogP contribution is 2.26. The molecular weight excluding hydrogens is 378 g/mol. The number of carbonyl (C=O) groups is 3. The van der Waals surface area contributed by atoms with Gasteiger partial charge in [-0.2, -0.15) is 4.72 Å². The first-order valence-electron chi connectivity index (χ1n) is 7.85. The van der Waals surface area contributed by atoms with Crippen molar-refractivity contribution in [2.75, 3.05) is 5.32 Å². The van der Waals surface area contributed by atoms with E-state index < -0.39 is 56.5 Å². The largest absolute Gasteiger partial charge is 0.506 e. The Labute approximate surface area is 157 Å². The topological polar surface area (TPSA) is 165 Å². The molecule has 0 aromatic heterocycles. The van der Waals surface area contributed by atoms with E-state index in [9.17, 15) is 27.9 Å². The van der Waals surface area contributed by atoms with Crippen molar-refractivity contribution in [1.82, 2.24) is 4.72 Å². The number of esters is 1. The molecule has 0 aliphatic heterocycles. The monoisotopic (exact) mass is 401 g/mol. The van der Waals surface area contributed by atoms with Gasteiger partial charge in [-0.15, -0.1) is 0 Å². The number of rotatable bonds is 7. The molecular formula is C16H23N3O7S. The van der Waals surface area contributed by atoms with E-state index in [1.807, 2.05) is 4.72 Å². The number of primary amides is 1. The summed E-state index contributed by atoms with van der Waals surface area (Å²) < 4.78 is 31.9. The number of phenolic OH excluding ortho intramolecular Hbond substituents is 1. The number of amides is 2. The highest BCUT2D eigenvalue weighted by Gasteiger charge is 2.30. The van der Waals surface area contributed by atoms with Crippen LogP contribution in [0.1, 0.15) is 34.1 Å². The fourth-order valence-corrected chi connectivity index (χ4v) is 3.31. The number of benzene rings is 1. The van der Waals surface area contributed by atoms with Crippen molar-refractivity contribution in [3.05, 3.63) is 18.2 Å². The van der Waals surface area contributed by atoms with Gasteiger partial charge in [0.25, 0.3) is 0 Å². The Bertz CT molecular complexity index is 844. The molecule has 0 aliphatic carbocycles. The lowest BCUT2D eigenvalue weighted by atomic mass is 10.1. The maximum absolute atomic E-state index is 12.4. The van der Waals surface area contributed by atoms with Crippen molar-refractivity contribution >= 4 is 33.5 Å². The van der Waals surface area contributed by atoms with E-state index in [-0.39, 0.29) is 5.69 Å². The van der Waals surface area contributed by atoms with Gasteiger partial charge in [0.05, 0.1) is 6.42 Å². The second-order valence-electron chi connectivity index (χ2n) is 6.73. The Balaban J connectivity index is 3.03. The number of carbonyl (C=O) groups excluding carboxylic acids is 3. The third kappa shape index (κ3) is 7.23. The second-order valence-corrected chi connectivity index (χ2v) is 8.41. The number of anilines is 1. The van der Waals surface area contributed by atoms with Gasteiger partial charge in [0, 0.05) is 18.7 Å². The molecule has 0 aliphatic rings. The zero-order valence-corrected chi connectivity index (χ0v) is 16.2. The molecule has 0 bridgehead atoms. The van der Waals surface area contributed by atoms with Crippen LogP contribution in [0, 0.1) is 0 Å². The van der Waals surface area contributed by atoms with E-state index in [0.717, 1.165) is 12.1 Å². The molecule has 11 heteroatoms. The Hall–Kier alpha value is -2.66.